The lowest BCUT2D eigenvalue weighted by molar-refractivity contribution is -0.127. The Morgan fingerprint density at radius 3 is 2.47 bits per heavy atom. The van der Waals surface area contributed by atoms with Crippen molar-refractivity contribution >= 4 is 39.2 Å². The highest BCUT2D eigenvalue weighted by molar-refractivity contribution is 7.13. The molecular weight excluding hydrogens is 434 g/mol. The zero-order valence-electron chi connectivity index (χ0n) is 18.5. The van der Waals surface area contributed by atoms with E-state index in [-0.39, 0.29) is 23.8 Å². The minimum absolute atomic E-state index is 0.178. The molecule has 2 aromatic heterocycles. The molecule has 2 N–H and O–H groups in total. The van der Waals surface area contributed by atoms with Crippen LogP contribution in [0.5, 0.6) is 11.5 Å². The molecule has 0 aliphatic carbocycles. The molecule has 0 saturated heterocycles. The van der Waals surface area contributed by atoms with E-state index < -0.39 is 17.5 Å². The Kier molecular flexibility index (Phi) is 7.08. The van der Waals surface area contributed by atoms with Crippen LogP contribution in [0.2, 0.25) is 0 Å². The van der Waals surface area contributed by atoms with Crippen LogP contribution in [-0.2, 0) is 16.1 Å². The van der Waals surface area contributed by atoms with Crippen molar-refractivity contribution in [3.8, 4) is 11.5 Å². The van der Waals surface area contributed by atoms with E-state index in [2.05, 4.69) is 20.6 Å². The number of hydrogen-bond donors (Lipinski definition) is 2. The van der Waals surface area contributed by atoms with E-state index in [9.17, 15) is 14.4 Å². The van der Waals surface area contributed by atoms with Gasteiger partial charge in [-0.2, -0.15) is 0 Å². The van der Waals surface area contributed by atoms with Crippen LogP contribution >= 0.6 is 11.3 Å². The SMILES string of the molecule is COc1cc2ncn(CC(=O)N[C@@H](C(=O)Nc3nc(C)cs3)C(C)C)c(=O)c2cc1OC. The summed E-state index contributed by atoms with van der Waals surface area (Å²) in [6.07, 6.45) is 1.29. The number of carbonyl (C=O) groups excluding carboxylic acids is 2. The molecule has 0 spiro atoms. The minimum Gasteiger partial charge on any atom is -0.493 e. The average Bonchev–Trinajstić information content (AvgIpc) is 3.17. The van der Waals surface area contributed by atoms with E-state index in [1.165, 1.54) is 42.5 Å². The average molecular weight is 460 g/mol. The monoisotopic (exact) mass is 459 g/mol. The zero-order chi connectivity index (χ0) is 23.4. The van der Waals surface area contributed by atoms with Gasteiger partial charge in [0.05, 0.1) is 37.1 Å². The van der Waals surface area contributed by atoms with Gasteiger partial charge in [0.15, 0.2) is 16.6 Å². The second-order valence-corrected chi connectivity index (χ2v) is 8.33. The maximum atomic E-state index is 12.9. The van der Waals surface area contributed by atoms with Crippen molar-refractivity contribution in [3.63, 3.8) is 0 Å². The van der Waals surface area contributed by atoms with E-state index in [1.54, 1.807) is 6.07 Å². The van der Waals surface area contributed by atoms with Gasteiger partial charge < -0.3 is 20.1 Å². The normalized spacial score (nSPS) is 11.9. The number of methoxy groups -OCH3 is 2. The van der Waals surface area contributed by atoms with Gasteiger partial charge in [-0.25, -0.2) is 9.97 Å². The molecule has 170 valence electrons. The fourth-order valence-electron chi connectivity index (χ4n) is 3.10. The van der Waals surface area contributed by atoms with Crippen LogP contribution in [-0.4, -0.2) is 46.6 Å². The van der Waals surface area contributed by atoms with E-state index in [0.29, 0.717) is 22.1 Å². The van der Waals surface area contributed by atoms with Gasteiger partial charge in [0.1, 0.15) is 12.6 Å². The third-order valence-electron chi connectivity index (χ3n) is 4.76. The number of fused-ring (bicyclic) bond motifs is 1. The van der Waals surface area contributed by atoms with Crippen LogP contribution in [0, 0.1) is 12.8 Å². The summed E-state index contributed by atoms with van der Waals surface area (Å²) >= 11 is 1.31. The van der Waals surface area contributed by atoms with Crippen LogP contribution in [0.15, 0.2) is 28.6 Å². The summed E-state index contributed by atoms with van der Waals surface area (Å²) in [5.74, 6) is -0.205. The van der Waals surface area contributed by atoms with Crippen molar-refractivity contribution in [1.29, 1.82) is 0 Å². The minimum atomic E-state index is -0.792. The van der Waals surface area contributed by atoms with E-state index >= 15 is 0 Å². The first-order chi connectivity index (χ1) is 15.2. The van der Waals surface area contributed by atoms with Crippen LogP contribution in [0.3, 0.4) is 0 Å². The number of amides is 2. The zero-order valence-corrected chi connectivity index (χ0v) is 19.3. The molecule has 0 aliphatic heterocycles. The standard InChI is InChI=1S/C21H25N5O5S/c1-11(2)18(19(28)25-21-23-12(3)9-32-21)24-17(27)8-26-10-22-14-7-16(31-5)15(30-4)6-13(14)20(26)29/h6-7,9-11,18H,8H2,1-5H3,(H,24,27)(H,23,25,28)/t18-/m1/s1. The molecule has 0 bridgehead atoms. The third-order valence-corrected chi connectivity index (χ3v) is 5.63. The van der Waals surface area contributed by atoms with Gasteiger partial charge in [-0.3, -0.25) is 19.0 Å². The lowest BCUT2D eigenvalue weighted by atomic mass is 10.0. The molecule has 1 aromatic carbocycles. The first-order valence-electron chi connectivity index (χ1n) is 9.87. The van der Waals surface area contributed by atoms with Crippen molar-refractivity contribution in [2.75, 3.05) is 19.5 Å². The van der Waals surface area contributed by atoms with Gasteiger partial charge in [0, 0.05) is 11.4 Å². The van der Waals surface area contributed by atoms with Crippen LogP contribution in [0.1, 0.15) is 19.5 Å². The van der Waals surface area contributed by atoms with Crippen molar-refractivity contribution in [1.82, 2.24) is 19.9 Å². The Bertz CT molecular complexity index is 1200. The molecule has 1 atom stereocenters. The van der Waals surface area contributed by atoms with E-state index in [0.717, 1.165) is 5.69 Å². The molecule has 0 aliphatic rings. The molecule has 3 rings (SSSR count). The van der Waals surface area contributed by atoms with Gasteiger partial charge in [-0.1, -0.05) is 13.8 Å². The summed E-state index contributed by atoms with van der Waals surface area (Å²) in [7, 11) is 2.96. The highest BCUT2D eigenvalue weighted by Gasteiger charge is 2.25. The molecule has 3 aromatic rings. The molecule has 0 fully saturated rings. The number of rotatable bonds is 8. The summed E-state index contributed by atoms with van der Waals surface area (Å²) in [6.45, 7) is 5.18. The maximum absolute atomic E-state index is 12.9. The van der Waals surface area contributed by atoms with Gasteiger partial charge in [-0.05, 0) is 18.9 Å². The molecule has 32 heavy (non-hydrogen) atoms. The molecule has 11 heteroatoms. The number of hydrogen-bond acceptors (Lipinski definition) is 8. The van der Waals surface area contributed by atoms with Gasteiger partial charge in [0.2, 0.25) is 11.8 Å². The summed E-state index contributed by atoms with van der Waals surface area (Å²) in [4.78, 5) is 46.7. The Labute approximate surface area is 188 Å². The predicted molar refractivity (Wildman–Crippen MR) is 121 cm³/mol. The Hall–Kier alpha value is -3.47. The van der Waals surface area contributed by atoms with Gasteiger partial charge in [-0.15, -0.1) is 11.3 Å². The molecule has 2 heterocycles. The Balaban J connectivity index is 1.78. The maximum Gasteiger partial charge on any atom is 0.261 e. The van der Waals surface area contributed by atoms with E-state index in [4.69, 9.17) is 9.47 Å². The molecule has 2 amide bonds. The van der Waals surface area contributed by atoms with Gasteiger partial charge >= 0.3 is 0 Å². The number of aromatic nitrogens is 3. The Morgan fingerprint density at radius 1 is 1.19 bits per heavy atom. The predicted octanol–water partition coefficient (Wildman–Crippen LogP) is 1.96. The quantitative estimate of drug-likeness (QED) is 0.528. The summed E-state index contributed by atoms with van der Waals surface area (Å²) in [5, 5.41) is 7.99. The summed E-state index contributed by atoms with van der Waals surface area (Å²) in [5.41, 5.74) is 0.810. The number of anilines is 1. The molecule has 0 radical (unpaired) electrons. The number of thiazole rings is 1. The second-order valence-electron chi connectivity index (χ2n) is 7.47. The molecule has 0 unspecified atom stereocenters. The summed E-state index contributed by atoms with van der Waals surface area (Å²) < 4.78 is 11.7. The first-order valence-corrected chi connectivity index (χ1v) is 10.7. The fraction of sp³-hybridized carbons (Fsp3) is 0.381. The highest BCUT2D eigenvalue weighted by Crippen LogP contribution is 2.29. The number of nitrogens with zero attached hydrogens (tertiary/aromatic N) is 3. The second kappa shape index (κ2) is 9.77. The van der Waals surface area contributed by atoms with Crippen LogP contribution in [0.4, 0.5) is 5.13 Å². The topological polar surface area (TPSA) is 124 Å². The lowest BCUT2D eigenvalue weighted by Gasteiger charge is -2.21. The van der Waals surface area contributed by atoms with Crippen LogP contribution in [0.25, 0.3) is 10.9 Å². The van der Waals surface area contributed by atoms with E-state index in [1.807, 2.05) is 26.2 Å². The smallest absolute Gasteiger partial charge is 0.261 e. The van der Waals surface area contributed by atoms with Crippen molar-refractivity contribution in [2.24, 2.45) is 5.92 Å². The Morgan fingerprint density at radius 2 is 1.88 bits per heavy atom. The van der Waals surface area contributed by atoms with Crippen molar-refractivity contribution in [2.45, 2.75) is 33.4 Å². The lowest BCUT2D eigenvalue weighted by Crippen LogP contribution is -2.48. The summed E-state index contributed by atoms with van der Waals surface area (Å²) in [6, 6.07) is 2.33. The number of aryl methyl sites for hydroxylation is 1. The van der Waals surface area contributed by atoms with Crippen LogP contribution < -0.4 is 25.7 Å². The molecular formula is C21H25N5O5S. The molecule has 0 saturated carbocycles. The number of nitrogens with one attached hydrogen (secondary N) is 2. The van der Waals surface area contributed by atoms with Crippen molar-refractivity contribution in [3.05, 3.63) is 39.9 Å². The molecule has 10 nitrogen and oxygen atoms in total. The van der Waals surface area contributed by atoms with Crippen molar-refractivity contribution < 1.29 is 19.1 Å². The fourth-order valence-corrected chi connectivity index (χ4v) is 3.79. The third kappa shape index (κ3) is 5.05. The van der Waals surface area contributed by atoms with Gasteiger partial charge in [0.25, 0.3) is 5.56 Å². The highest BCUT2D eigenvalue weighted by atomic mass is 32.1. The number of ether oxygens (including phenoxy) is 2. The number of benzene rings is 1. The first kappa shape index (κ1) is 23.2. The largest absolute Gasteiger partial charge is 0.493 e. The number of carbonyl (C=O) groups is 2.